The van der Waals surface area contributed by atoms with Crippen LogP contribution >= 0.6 is 0 Å². The fraction of sp³-hybridized carbons (Fsp3) is 0.333. The van der Waals surface area contributed by atoms with Crippen molar-refractivity contribution in [1.82, 2.24) is 9.97 Å². The van der Waals surface area contributed by atoms with Gasteiger partial charge in [0.25, 0.3) is 0 Å². The van der Waals surface area contributed by atoms with Gasteiger partial charge in [-0.25, -0.2) is 4.98 Å². The normalized spacial score (nSPS) is 11.2. The maximum atomic E-state index is 6.80. The van der Waals surface area contributed by atoms with Crippen molar-refractivity contribution in [3.05, 3.63) is 23.8 Å². The predicted molar refractivity (Wildman–Crippen MR) is 50.5 cm³/mol. The summed E-state index contributed by atoms with van der Waals surface area (Å²) in [5, 5.41) is 6.80. The smallest absolute Gasteiger partial charge is 0.109 e. The van der Waals surface area contributed by atoms with E-state index in [1.807, 2.05) is 6.08 Å². The van der Waals surface area contributed by atoms with E-state index in [1.54, 1.807) is 12.3 Å². The summed E-state index contributed by atoms with van der Waals surface area (Å²) in [6, 6.07) is 0. The Morgan fingerprint density at radius 2 is 2.33 bits per heavy atom. The van der Waals surface area contributed by atoms with E-state index >= 15 is 0 Å². The molecular weight excluding hydrogens is 150 g/mol. The molecule has 0 saturated heterocycles. The van der Waals surface area contributed by atoms with Gasteiger partial charge in [-0.3, -0.25) is 0 Å². The molecule has 0 aromatic carbocycles. The number of hydrogen-bond acceptors (Lipinski definition) is 2. The van der Waals surface area contributed by atoms with Crippen LogP contribution in [0.15, 0.2) is 12.3 Å². The first-order valence-electron chi connectivity index (χ1n) is 3.96. The number of aromatic nitrogens is 2. The number of rotatable bonds is 3. The minimum absolute atomic E-state index is 0.423. The molecule has 0 fully saturated rings. The third kappa shape index (κ3) is 2.05. The third-order valence-corrected chi connectivity index (χ3v) is 1.53. The van der Waals surface area contributed by atoms with Crippen molar-refractivity contribution < 1.29 is 0 Å². The van der Waals surface area contributed by atoms with Crippen molar-refractivity contribution in [2.75, 3.05) is 0 Å². The van der Waals surface area contributed by atoms with E-state index in [2.05, 4.69) is 23.8 Å². The first-order chi connectivity index (χ1) is 5.74. The Morgan fingerprint density at radius 1 is 1.58 bits per heavy atom. The second-order valence-electron chi connectivity index (χ2n) is 2.90. The molecule has 1 aromatic rings. The van der Waals surface area contributed by atoms with Gasteiger partial charge in [-0.15, -0.1) is 0 Å². The quantitative estimate of drug-likeness (QED) is 0.659. The number of imidazole rings is 1. The van der Waals surface area contributed by atoms with Crippen LogP contribution in [-0.2, 0) is 0 Å². The van der Waals surface area contributed by atoms with E-state index in [0.29, 0.717) is 5.92 Å². The van der Waals surface area contributed by atoms with Crippen LogP contribution < -0.4 is 0 Å². The van der Waals surface area contributed by atoms with Crippen LogP contribution in [0.1, 0.15) is 31.3 Å². The topological polar surface area (TPSA) is 52.5 Å². The van der Waals surface area contributed by atoms with E-state index in [0.717, 1.165) is 11.5 Å². The van der Waals surface area contributed by atoms with Crippen LogP contribution in [0.2, 0.25) is 0 Å². The fourth-order valence-electron chi connectivity index (χ4n) is 0.881. The molecule has 0 radical (unpaired) electrons. The van der Waals surface area contributed by atoms with Gasteiger partial charge in [0.2, 0.25) is 0 Å². The maximum absolute atomic E-state index is 6.80. The Labute approximate surface area is 72.0 Å². The molecule has 1 rings (SSSR count). The molecule has 0 saturated carbocycles. The van der Waals surface area contributed by atoms with Crippen molar-refractivity contribution >= 4 is 12.3 Å². The van der Waals surface area contributed by atoms with Crippen molar-refractivity contribution in [3.63, 3.8) is 0 Å². The molecule has 1 aromatic heterocycles. The summed E-state index contributed by atoms with van der Waals surface area (Å²) in [7, 11) is 0. The lowest BCUT2D eigenvalue weighted by Crippen LogP contribution is -1.88. The molecule has 64 valence electrons. The minimum atomic E-state index is 0.423. The zero-order chi connectivity index (χ0) is 8.97. The monoisotopic (exact) mass is 163 g/mol. The predicted octanol–water partition coefficient (Wildman–Crippen LogP) is 2.20. The van der Waals surface area contributed by atoms with Crippen LogP contribution in [0.5, 0.6) is 0 Å². The maximum Gasteiger partial charge on any atom is 0.109 e. The Balaban J connectivity index is 2.77. The molecule has 0 aliphatic carbocycles. The van der Waals surface area contributed by atoms with Crippen LogP contribution in [-0.4, -0.2) is 16.2 Å². The summed E-state index contributed by atoms with van der Waals surface area (Å²) in [6.45, 7) is 4.17. The van der Waals surface area contributed by atoms with Gasteiger partial charge in [-0.1, -0.05) is 13.8 Å². The second-order valence-corrected chi connectivity index (χ2v) is 2.90. The van der Waals surface area contributed by atoms with E-state index in [9.17, 15) is 0 Å². The standard InChI is InChI=1S/C9H13N3/c1-7(2)9-11-6-8(12-9)4-3-5-10/h3-7,10H,1-2H3,(H,11,12)/b4-3-,10-5?. The Kier molecular flexibility index (Phi) is 2.80. The Hall–Kier alpha value is -1.38. The largest absolute Gasteiger partial charge is 0.342 e. The number of nitrogens with zero attached hydrogens (tertiary/aromatic N) is 1. The van der Waals surface area contributed by atoms with Gasteiger partial charge in [0, 0.05) is 12.1 Å². The average Bonchev–Trinajstić information content (AvgIpc) is 2.48. The lowest BCUT2D eigenvalue weighted by molar-refractivity contribution is 0.793. The summed E-state index contributed by atoms with van der Waals surface area (Å²) in [6.07, 6.45) is 6.51. The molecule has 12 heavy (non-hydrogen) atoms. The average molecular weight is 163 g/mol. The second kappa shape index (κ2) is 3.85. The van der Waals surface area contributed by atoms with E-state index in [-0.39, 0.29) is 0 Å². The summed E-state index contributed by atoms with van der Waals surface area (Å²) in [5.74, 6) is 1.41. The van der Waals surface area contributed by atoms with E-state index in [1.165, 1.54) is 6.21 Å². The van der Waals surface area contributed by atoms with Crippen LogP contribution in [0.4, 0.5) is 0 Å². The highest BCUT2D eigenvalue weighted by Gasteiger charge is 2.01. The van der Waals surface area contributed by atoms with Gasteiger partial charge in [-0.05, 0) is 12.2 Å². The fourth-order valence-corrected chi connectivity index (χ4v) is 0.881. The van der Waals surface area contributed by atoms with Gasteiger partial charge >= 0.3 is 0 Å². The molecule has 1 heterocycles. The molecule has 0 amide bonds. The highest BCUT2D eigenvalue weighted by atomic mass is 14.9. The molecule has 3 nitrogen and oxygen atoms in total. The van der Waals surface area contributed by atoms with Gasteiger partial charge in [0.1, 0.15) is 5.82 Å². The highest BCUT2D eigenvalue weighted by molar-refractivity contribution is 5.74. The summed E-state index contributed by atoms with van der Waals surface area (Å²) in [5.41, 5.74) is 0.946. The van der Waals surface area contributed by atoms with Gasteiger partial charge < -0.3 is 10.4 Å². The first kappa shape index (κ1) is 8.71. The summed E-state index contributed by atoms with van der Waals surface area (Å²) >= 11 is 0. The molecule has 0 atom stereocenters. The minimum Gasteiger partial charge on any atom is -0.342 e. The lowest BCUT2D eigenvalue weighted by atomic mass is 10.2. The van der Waals surface area contributed by atoms with Crippen molar-refractivity contribution in [2.24, 2.45) is 0 Å². The molecule has 0 aliphatic heterocycles. The van der Waals surface area contributed by atoms with Gasteiger partial charge in [0.15, 0.2) is 0 Å². The number of allylic oxidation sites excluding steroid dienone is 1. The highest BCUT2D eigenvalue weighted by Crippen LogP contribution is 2.09. The third-order valence-electron chi connectivity index (χ3n) is 1.53. The van der Waals surface area contributed by atoms with Crippen molar-refractivity contribution in [2.45, 2.75) is 19.8 Å². The molecule has 0 bridgehead atoms. The zero-order valence-corrected chi connectivity index (χ0v) is 7.33. The molecule has 0 spiro atoms. The molecule has 2 N–H and O–H groups in total. The Morgan fingerprint density at radius 3 is 2.83 bits per heavy atom. The van der Waals surface area contributed by atoms with E-state index < -0.39 is 0 Å². The molecule has 0 aliphatic rings. The SMILES string of the molecule is CC(C)c1ncc(/C=C\C=N)[nH]1. The molecule has 0 unspecified atom stereocenters. The Bertz CT molecular complexity index is 284. The van der Waals surface area contributed by atoms with Crippen molar-refractivity contribution in [3.8, 4) is 0 Å². The van der Waals surface area contributed by atoms with Gasteiger partial charge in [0.05, 0.1) is 11.9 Å². The zero-order valence-electron chi connectivity index (χ0n) is 7.33. The van der Waals surface area contributed by atoms with E-state index in [4.69, 9.17) is 5.41 Å². The summed E-state index contributed by atoms with van der Waals surface area (Å²) in [4.78, 5) is 7.33. The number of H-pyrrole nitrogens is 1. The first-order valence-corrected chi connectivity index (χ1v) is 3.96. The number of aromatic amines is 1. The van der Waals surface area contributed by atoms with Crippen LogP contribution in [0, 0.1) is 5.41 Å². The van der Waals surface area contributed by atoms with Crippen LogP contribution in [0.3, 0.4) is 0 Å². The number of hydrogen-bond donors (Lipinski definition) is 2. The van der Waals surface area contributed by atoms with Crippen molar-refractivity contribution in [1.29, 1.82) is 5.41 Å². The van der Waals surface area contributed by atoms with Gasteiger partial charge in [-0.2, -0.15) is 0 Å². The number of nitrogens with one attached hydrogen (secondary N) is 2. The molecule has 3 heteroatoms. The van der Waals surface area contributed by atoms with Crippen LogP contribution in [0.25, 0.3) is 6.08 Å². The molecular formula is C9H13N3. The lowest BCUT2D eigenvalue weighted by Gasteiger charge is -1.96. The summed E-state index contributed by atoms with van der Waals surface area (Å²) < 4.78 is 0.